The van der Waals surface area contributed by atoms with Crippen LogP contribution in [0.5, 0.6) is 5.75 Å². The van der Waals surface area contributed by atoms with Crippen molar-refractivity contribution < 1.29 is 22.1 Å². The van der Waals surface area contributed by atoms with Crippen molar-refractivity contribution in [2.75, 3.05) is 26.7 Å². The number of methoxy groups -OCH3 is 1. The molecule has 1 atom stereocenters. The number of aromatic nitrogens is 1. The molecule has 0 bridgehead atoms. The first-order valence-electron chi connectivity index (χ1n) is 9.87. The zero-order chi connectivity index (χ0) is 21.1. The van der Waals surface area contributed by atoms with Crippen LogP contribution in [0, 0.1) is 5.82 Å². The van der Waals surface area contributed by atoms with E-state index >= 15 is 0 Å². The van der Waals surface area contributed by atoms with Crippen LogP contribution in [0.4, 0.5) is 4.39 Å². The molecule has 1 saturated heterocycles. The van der Waals surface area contributed by atoms with Gasteiger partial charge in [0.05, 0.1) is 17.7 Å². The minimum absolute atomic E-state index is 0.118. The second-order valence-corrected chi connectivity index (χ2v) is 9.17. The number of ether oxygens (including phenoxy) is 1. The Bertz CT molecular complexity index is 1110. The van der Waals surface area contributed by atoms with Crippen LogP contribution in [0.2, 0.25) is 0 Å². The molecule has 0 saturated carbocycles. The van der Waals surface area contributed by atoms with Gasteiger partial charge < -0.3 is 14.2 Å². The highest BCUT2D eigenvalue weighted by Crippen LogP contribution is 2.21. The van der Waals surface area contributed by atoms with Crippen molar-refractivity contribution in [2.45, 2.75) is 30.2 Å². The third-order valence-corrected chi connectivity index (χ3v) is 6.90. The van der Waals surface area contributed by atoms with Crippen LogP contribution in [0.3, 0.4) is 0 Å². The number of hydrogen-bond donors (Lipinski definition) is 1. The molecule has 1 aliphatic rings. The lowest BCUT2D eigenvalue weighted by Gasteiger charge is -2.16. The second-order valence-electron chi connectivity index (χ2n) is 7.46. The summed E-state index contributed by atoms with van der Waals surface area (Å²) in [6, 6.07) is 10.7. The molecule has 160 valence electrons. The lowest BCUT2D eigenvalue weighted by atomic mass is 10.1. The Morgan fingerprint density at radius 2 is 2.07 bits per heavy atom. The molecule has 1 N–H and O–H groups in total. The average Bonchev–Trinajstić information content (AvgIpc) is 3.34. The van der Waals surface area contributed by atoms with E-state index in [0.717, 1.165) is 43.4 Å². The number of sulfonamides is 1. The summed E-state index contributed by atoms with van der Waals surface area (Å²) in [7, 11) is -2.02. The van der Waals surface area contributed by atoms with Crippen LogP contribution < -0.4 is 9.46 Å². The van der Waals surface area contributed by atoms with Crippen molar-refractivity contribution in [3.8, 4) is 5.75 Å². The highest BCUT2D eigenvalue weighted by atomic mass is 32.2. The summed E-state index contributed by atoms with van der Waals surface area (Å²) in [5, 5.41) is 4.89. The number of hydrogen-bond acceptors (Lipinski definition) is 6. The summed E-state index contributed by atoms with van der Waals surface area (Å²) in [6.45, 7) is 2.33. The van der Waals surface area contributed by atoms with Gasteiger partial charge in [0.1, 0.15) is 11.6 Å². The predicted octanol–water partition coefficient (Wildman–Crippen LogP) is 2.96. The summed E-state index contributed by atoms with van der Waals surface area (Å²) >= 11 is 0. The monoisotopic (exact) mass is 433 g/mol. The fraction of sp³-hybridized carbons (Fsp3) is 0.381. The number of fused-ring (bicyclic) bond motifs is 1. The number of rotatable bonds is 8. The second kappa shape index (κ2) is 8.71. The van der Waals surface area contributed by atoms with Crippen molar-refractivity contribution in [1.29, 1.82) is 0 Å². The minimum Gasteiger partial charge on any atom is -0.497 e. The number of halogens is 1. The van der Waals surface area contributed by atoms with E-state index < -0.39 is 10.0 Å². The molecular weight excluding hydrogens is 409 g/mol. The lowest BCUT2D eigenvalue weighted by molar-refractivity contribution is 0.326. The van der Waals surface area contributed by atoms with Crippen molar-refractivity contribution >= 4 is 21.0 Å². The number of benzene rings is 2. The molecule has 4 rings (SSSR count). The van der Waals surface area contributed by atoms with Gasteiger partial charge in [0.25, 0.3) is 0 Å². The van der Waals surface area contributed by atoms with Gasteiger partial charge in [-0.2, -0.15) is 0 Å². The lowest BCUT2D eigenvalue weighted by Crippen LogP contribution is -2.37. The maximum atomic E-state index is 13.3. The third kappa shape index (κ3) is 4.63. The van der Waals surface area contributed by atoms with E-state index in [0.29, 0.717) is 17.9 Å². The smallest absolute Gasteiger partial charge is 0.240 e. The molecule has 3 aromatic rings. The first-order valence-corrected chi connectivity index (χ1v) is 11.4. The van der Waals surface area contributed by atoms with E-state index in [1.165, 1.54) is 12.1 Å². The summed E-state index contributed by atoms with van der Waals surface area (Å²) in [5.41, 5.74) is 1.28. The molecule has 1 aliphatic heterocycles. The Morgan fingerprint density at radius 1 is 1.27 bits per heavy atom. The maximum absolute atomic E-state index is 13.3. The molecule has 0 radical (unpaired) electrons. The Balaban J connectivity index is 1.28. The Labute approximate surface area is 174 Å². The highest BCUT2D eigenvalue weighted by molar-refractivity contribution is 7.89. The minimum atomic E-state index is -3.56. The summed E-state index contributed by atoms with van der Waals surface area (Å²) in [5.74, 6) is 0.274. The number of nitrogens with one attached hydrogen (secondary N) is 1. The summed E-state index contributed by atoms with van der Waals surface area (Å²) in [4.78, 5) is 2.47. The number of likely N-dealkylation sites (tertiary alicyclic amines) is 1. The third-order valence-electron chi connectivity index (χ3n) is 5.36. The van der Waals surface area contributed by atoms with E-state index in [1.54, 1.807) is 37.4 Å². The van der Waals surface area contributed by atoms with Crippen LogP contribution in [-0.2, 0) is 16.4 Å². The van der Waals surface area contributed by atoms with Gasteiger partial charge in [-0.3, -0.25) is 0 Å². The van der Waals surface area contributed by atoms with E-state index in [2.05, 4.69) is 14.8 Å². The SMILES string of the molecule is COc1ccc(S(=O)(=O)NC2CCN(CCCc3noc4cc(F)ccc34)C2)cc1. The van der Waals surface area contributed by atoms with Gasteiger partial charge in [0, 0.05) is 24.0 Å². The fourth-order valence-corrected chi connectivity index (χ4v) is 5.05. The van der Waals surface area contributed by atoms with Gasteiger partial charge in [-0.25, -0.2) is 17.5 Å². The molecule has 1 unspecified atom stereocenters. The molecule has 7 nitrogen and oxygen atoms in total. The molecule has 1 aromatic heterocycles. The molecule has 2 aromatic carbocycles. The van der Waals surface area contributed by atoms with Crippen LogP contribution >= 0.6 is 0 Å². The number of aryl methyl sites for hydroxylation is 1. The molecule has 2 heterocycles. The van der Waals surface area contributed by atoms with Crippen molar-refractivity contribution in [1.82, 2.24) is 14.8 Å². The summed E-state index contributed by atoms with van der Waals surface area (Å²) in [6.07, 6.45) is 2.34. The van der Waals surface area contributed by atoms with Gasteiger partial charge in [0.2, 0.25) is 10.0 Å². The first-order chi connectivity index (χ1) is 14.4. The van der Waals surface area contributed by atoms with Crippen molar-refractivity contribution in [3.63, 3.8) is 0 Å². The Kier molecular flexibility index (Phi) is 6.03. The van der Waals surface area contributed by atoms with Crippen LogP contribution in [0.15, 0.2) is 51.9 Å². The summed E-state index contributed by atoms with van der Waals surface area (Å²) < 4.78 is 51.5. The van der Waals surface area contributed by atoms with Crippen LogP contribution in [0.25, 0.3) is 11.0 Å². The van der Waals surface area contributed by atoms with Gasteiger partial charge in [0.15, 0.2) is 5.58 Å². The molecular formula is C21H24FN3O4S. The van der Waals surface area contributed by atoms with E-state index in [9.17, 15) is 12.8 Å². The van der Waals surface area contributed by atoms with Crippen molar-refractivity contribution in [3.05, 3.63) is 54.0 Å². The average molecular weight is 434 g/mol. The molecule has 30 heavy (non-hydrogen) atoms. The zero-order valence-electron chi connectivity index (χ0n) is 16.7. The normalized spacial score (nSPS) is 17.6. The fourth-order valence-electron chi connectivity index (χ4n) is 3.79. The molecule has 1 fully saturated rings. The van der Waals surface area contributed by atoms with E-state index in [1.807, 2.05) is 0 Å². The molecule has 0 amide bonds. The molecule has 9 heteroatoms. The Hall–Kier alpha value is -2.49. The van der Waals surface area contributed by atoms with Crippen molar-refractivity contribution in [2.24, 2.45) is 0 Å². The largest absolute Gasteiger partial charge is 0.497 e. The van der Waals surface area contributed by atoms with E-state index in [4.69, 9.17) is 9.26 Å². The molecule has 0 aliphatic carbocycles. The van der Waals surface area contributed by atoms with E-state index in [-0.39, 0.29) is 16.8 Å². The Morgan fingerprint density at radius 3 is 2.83 bits per heavy atom. The van der Waals surface area contributed by atoms with Crippen LogP contribution in [-0.4, -0.2) is 51.3 Å². The standard InChI is InChI=1S/C21H24FN3O4S/c1-28-17-5-7-18(8-6-17)30(26,27)24-16-10-12-25(14-16)11-2-3-20-19-9-4-15(22)13-21(19)29-23-20/h4-9,13,16,24H,2-3,10-12,14H2,1H3. The van der Waals surface area contributed by atoms with Gasteiger partial charge in [-0.1, -0.05) is 5.16 Å². The topological polar surface area (TPSA) is 84.7 Å². The van der Waals surface area contributed by atoms with Gasteiger partial charge in [-0.05, 0) is 68.8 Å². The quantitative estimate of drug-likeness (QED) is 0.588. The zero-order valence-corrected chi connectivity index (χ0v) is 17.5. The van der Waals surface area contributed by atoms with Gasteiger partial charge >= 0.3 is 0 Å². The van der Waals surface area contributed by atoms with Gasteiger partial charge in [-0.15, -0.1) is 0 Å². The van der Waals surface area contributed by atoms with Crippen LogP contribution in [0.1, 0.15) is 18.5 Å². The first kappa shape index (κ1) is 20.8. The predicted molar refractivity (Wildman–Crippen MR) is 110 cm³/mol. The molecule has 0 spiro atoms. The highest BCUT2D eigenvalue weighted by Gasteiger charge is 2.27. The maximum Gasteiger partial charge on any atom is 0.240 e. The number of nitrogens with zero attached hydrogens (tertiary/aromatic N) is 2.